The van der Waals surface area contributed by atoms with Crippen LogP contribution in [0.4, 0.5) is 0 Å². The molecule has 31 unspecified atom stereocenters. The Kier molecular flexibility index (Phi) is 24.2. The van der Waals surface area contributed by atoms with Crippen LogP contribution < -0.4 is 16.4 Å². The Morgan fingerprint density at radius 1 is 0.556 bits per heavy atom. The van der Waals surface area contributed by atoms with Gasteiger partial charge >= 0.3 is 5.97 Å². The van der Waals surface area contributed by atoms with Gasteiger partial charge in [0.25, 0.3) is 5.79 Å². The molecule has 0 aromatic heterocycles. The van der Waals surface area contributed by atoms with Crippen LogP contribution in [-0.2, 0) is 71.2 Å². The van der Waals surface area contributed by atoms with Crippen molar-refractivity contribution in [3.05, 3.63) is 0 Å². The van der Waals surface area contributed by atoms with Crippen LogP contribution in [0.1, 0.15) is 27.2 Å². The molecule has 0 aromatic carbocycles. The average molecular weight is 1190 g/mol. The molecule has 81 heavy (non-hydrogen) atoms. The van der Waals surface area contributed by atoms with Crippen molar-refractivity contribution < 1.29 is 163 Å². The summed E-state index contributed by atoms with van der Waals surface area (Å²) in [7, 11) is 0. The van der Waals surface area contributed by atoms with Crippen LogP contribution >= 0.6 is 0 Å². The maximum absolute atomic E-state index is 13.2. The highest BCUT2D eigenvalue weighted by Gasteiger charge is 2.62. The van der Waals surface area contributed by atoms with Crippen molar-refractivity contribution in [2.45, 2.75) is 217 Å². The summed E-state index contributed by atoms with van der Waals surface area (Å²) in [5.74, 6) is -7.14. The van der Waals surface area contributed by atoms with Crippen molar-refractivity contribution in [3.63, 3.8) is 0 Å². The number of carboxylic acid groups (broad SMARTS) is 1. The standard InChI is InChI=1S/C45H77N3O33/c1-12-23(58)27(62)29(64)41(71-12)78-36-22(48-14(3)55)39(79-37-25(60)17(8-50)72-42(31(37)66)76-33-19(10-52)75-40(70-5-4-46)30(65)28(33)63)74-20(11-53)34(36)77-43-32(67)38(26(61)18(9-51)73-43)81-45(44(68)69)6-15(56)21(47-13(2)54)35(80-45)24(59)16(57)7-49/h12,15-43,49-53,56-67H,4-11,46H2,1-3H3,(H,47,54)(H,48,55)(H,68,69). The number of nitrogens with one attached hydrogen (secondary N) is 2. The van der Waals surface area contributed by atoms with Crippen molar-refractivity contribution in [1.82, 2.24) is 10.6 Å². The molecule has 6 aliphatic rings. The molecule has 470 valence electrons. The Bertz CT molecular complexity index is 2010. The Morgan fingerprint density at radius 2 is 1.02 bits per heavy atom. The summed E-state index contributed by atoms with van der Waals surface area (Å²) in [6.07, 6.45) is -57.2. The number of aliphatic hydroxyl groups is 17. The second-order valence-electron chi connectivity index (χ2n) is 20.3. The molecule has 22 N–H and O–H groups in total. The Labute approximate surface area is 459 Å². The van der Waals surface area contributed by atoms with Crippen LogP contribution in [0.2, 0.25) is 0 Å². The van der Waals surface area contributed by atoms with Gasteiger partial charge in [-0.3, -0.25) is 9.59 Å². The van der Waals surface area contributed by atoms with Gasteiger partial charge in [0.1, 0.15) is 134 Å². The van der Waals surface area contributed by atoms with Gasteiger partial charge in [-0.1, -0.05) is 0 Å². The maximum atomic E-state index is 13.2. The summed E-state index contributed by atoms with van der Waals surface area (Å²) in [6.45, 7) is -2.42. The molecule has 2 amide bonds. The molecule has 6 aliphatic heterocycles. The molecule has 6 saturated heterocycles. The lowest BCUT2D eigenvalue weighted by Gasteiger charge is -2.52. The first-order chi connectivity index (χ1) is 38.2. The monoisotopic (exact) mass is 1190 g/mol. The summed E-state index contributed by atoms with van der Waals surface area (Å²) >= 11 is 0. The number of rotatable bonds is 23. The normalized spacial score (nSPS) is 46.8. The molecule has 0 bridgehead atoms. The smallest absolute Gasteiger partial charge is 0.364 e. The van der Waals surface area contributed by atoms with Crippen LogP contribution in [0.3, 0.4) is 0 Å². The van der Waals surface area contributed by atoms with Crippen LogP contribution in [0.15, 0.2) is 0 Å². The first-order valence-corrected chi connectivity index (χ1v) is 25.8. The first-order valence-electron chi connectivity index (χ1n) is 25.8. The van der Waals surface area contributed by atoms with Crippen molar-refractivity contribution >= 4 is 17.8 Å². The van der Waals surface area contributed by atoms with Crippen molar-refractivity contribution in [2.24, 2.45) is 5.73 Å². The van der Waals surface area contributed by atoms with E-state index in [1.165, 1.54) is 6.92 Å². The second-order valence-corrected chi connectivity index (χ2v) is 20.3. The summed E-state index contributed by atoms with van der Waals surface area (Å²) in [4.78, 5) is 38.5. The molecule has 36 heteroatoms. The number of aliphatic hydroxyl groups excluding tert-OH is 17. The summed E-state index contributed by atoms with van der Waals surface area (Å²) in [5.41, 5.74) is 5.47. The van der Waals surface area contributed by atoms with E-state index in [-0.39, 0.29) is 13.2 Å². The summed E-state index contributed by atoms with van der Waals surface area (Å²) in [5, 5.41) is 201. The Balaban J connectivity index is 1.36. The van der Waals surface area contributed by atoms with Gasteiger partial charge in [0.05, 0.1) is 57.9 Å². The van der Waals surface area contributed by atoms with Crippen molar-refractivity contribution in [3.8, 4) is 0 Å². The second kappa shape index (κ2) is 29.1. The van der Waals surface area contributed by atoms with E-state index in [2.05, 4.69) is 10.6 Å². The minimum Gasteiger partial charge on any atom is -0.477 e. The molecule has 0 aromatic rings. The summed E-state index contributed by atoms with van der Waals surface area (Å²) < 4.78 is 69.8. The highest BCUT2D eigenvalue weighted by atomic mass is 16.8. The number of nitrogens with two attached hydrogens (primary N) is 1. The van der Waals surface area contributed by atoms with E-state index in [1.54, 1.807) is 0 Å². The fraction of sp³-hybridized carbons (Fsp3) is 0.933. The van der Waals surface area contributed by atoms with E-state index in [9.17, 15) is 106 Å². The van der Waals surface area contributed by atoms with E-state index in [0.29, 0.717) is 0 Å². The molecule has 6 heterocycles. The number of hydrogen-bond acceptors (Lipinski definition) is 33. The van der Waals surface area contributed by atoms with Gasteiger partial charge in [0.2, 0.25) is 11.8 Å². The molecule has 0 saturated carbocycles. The highest BCUT2D eigenvalue weighted by molar-refractivity contribution is 5.76. The Morgan fingerprint density at radius 3 is 1.57 bits per heavy atom. The largest absolute Gasteiger partial charge is 0.477 e. The molecular formula is C45H77N3O33. The van der Waals surface area contributed by atoms with E-state index in [0.717, 1.165) is 13.8 Å². The number of amides is 2. The highest BCUT2D eigenvalue weighted by Crippen LogP contribution is 2.40. The lowest BCUT2D eigenvalue weighted by molar-refractivity contribution is -0.399. The number of carbonyl (C=O) groups is 3. The number of carbonyl (C=O) groups excluding carboxylic acids is 2. The van der Waals surface area contributed by atoms with Gasteiger partial charge in [-0.25, -0.2) is 4.79 Å². The lowest BCUT2D eigenvalue weighted by atomic mass is 9.88. The Hall–Kier alpha value is -2.79. The first kappa shape index (κ1) is 67.3. The molecular weight excluding hydrogens is 1110 g/mol. The van der Waals surface area contributed by atoms with Crippen molar-refractivity contribution in [2.75, 3.05) is 46.2 Å². The lowest BCUT2D eigenvalue weighted by Crippen LogP contribution is -2.72. The van der Waals surface area contributed by atoms with Crippen LogP contribution in [0, 0.1) is 0 Å². The third-order valence-electron chi connectivity index (χ3n) is 14.5. The topological polar surface area (TPSA) is 576 Å². The van der Waals surface area contributed by atoms with Gasteiger partial charge in [-0.15, -0.1) is 0 Å². The molecule has 6 rings (SSSR count). The number of carboxylic acids is 1. The average Bonchev–Trinajstić information content (AvgIpc) is 3.55. The maximum Gasteiger partial charge on any atom is 0.364 e. The van der Waals surface area contributed by atoms with Gasteiger partial charge in [0, 0.05) is 26.8 Å². The van der Waals surface area contributed by atoms with Crippen LogP contribution in [0.25, 0.3) is 0 Å². The van der Waals surface area contributed by atoms with Crippen molar-refractivity contribution in [1.29, 1.82) is 0 Å². The van der Waals surface area contributed by atoms with E-state index < -0.39 is 247 Å². The fourth-order valence-electron chi connectivity index (χ4n) is 10.3. The van der Waals surface area contributed by atoms with Gasteiger partial charge in [-0.05, 0) is 6.92 Å². The number of aliphatic carboxylic acids is 1. The molecule has 0 radical (unpaired) electrons. The third kappa shape index (κ3) is 14.7. The predicted octanol–water partition coefficient (Wildman–Crippen LogP) is -13.6. The van der Waals surface area contributed by atoms with Gasteiger partial charge in [0.15, 0.2) is 31.5 Å². The van der Waals surface area contributed by atoms with E-state index >= 15 is 0 Å². The zero-order valence-corrected chi connectivity index (χ0v) is 43.7. The molecule has 36 nitrogen and oxygen atoms in total. The molecule has 31 atom stereocenters. The van der Waals surface area contributed by atoms with Gasteiger partial charge < -0.3 is 165 Å². The number of hydrogen-bond donors (Lipinski definition) is 21. The summed E-state index contributed by atoms with van der Waals surface area (Å²) in [6, 6.07) is -3.64. The van der Waals surface area contributed by atoms with Crippen LogP contribution in [-0.4, -0.2) is 346 Å². The predicted molar refractivity (Wildman–Crippen MR) is 251 cm³/mol. The molecule has 0 spiro atoms. The van der Waals surface area contributed by atoms with Crippen LogP contribution in [0.5, 0.6) is 0 Å². The molecule has 6 fully saturated rings. The zero-order valence-electron chi connectivity index (χ0n) is 43.7. The third-order valence-corrected chi connectivity index (χ3v) is 14.5. The zero-order chi connectivity index (χ0) is 60.1. The minimum absolute atomic E-state index is 0.0263. The quantitative estimate of drug-likeness (QED) is 0.0452. The molecule has 0 aliphatic carbocycles. The SMILES string of the molecule is CC(=O)NC1C(O)CC(OC2C(O)C(CO)OC(OC3C(CO)OC(OC4C(O)C(CO)OC(OC5C(CO)OC(OCCN)C(O)C5O)C4O)C(NC(C)=O)C3OC3OC(C)C(O)C(O)C3O)C2O)(C(=O)O)OC1C(O)C(O)CO. The minimum atomic E-state index is -3.25. The van der Waals surface area contributed by atoms with Gasteiger partial charge in [-0.2, -0.15) is 0 Å². The van der Waals surface area contributed by atoms with E-state index in [1.807, 2.05) is 0 Å². The fourth-order valence-corrected chi connectivity index (χ4v) is 10.3. The van der Waals surface area contributed by atoms with E-state index in [4.69, 9.17) is 62.6 Å². The number of ether oxygens (including phenoxy) is 12.